The van der Waals surface area contributed by atoms with Crippen LogP contribution in [0.4, 0.5) is 5.82 Å². The highest BCUT2D eigenvalue weighted by molar-refractivity contribution is 5.78. The Morgan fingerprint density at radius 1 is 0.500 bits per heavy atom. The fourth-order valence-corrected chi connectivity index (χ4v) is 7.25. The molecule has 0 spiro atoms. The minimum Gasteiger partial charge on any atom is -0.392 e. The molecule has 0 fully saturated rings. The molecule has 8 aromatic rings. The van der Waals surface area contributed by atoms with Crippen LogP contribution < -0.4 is 5.32 Å². The van der Waals surface area contributed by atoms with E-state index in [1.807, 2.05) is 83.5 Å². The SMILES string of the molecule is OCc1cc(NC(c2ccccc2)(c2ccccc2)c2ccccc2)nc2c1nnn2C(c1ccccc1)(c1ccccc1)c1ccccc1. The maximum absolute atomic E-state index is 10.8. The maximum Gasteiger partial charge on any atom is 0.182 e. The molecule has 0 unspecified atom stereocenters. The average Bonchev–Trinajstić information content (AvgIpc) is 3.63. The topological polar surface area (TPSA) is 75.9 Å². The molecule has 0 aliphatic carbocycles. The molecule has 6 aromatic carbocycles. The zero-order valence-electron chi connectivity index (χ0n) is 27.3. The second-order valence-corrected chi connectivity index (χ2v) is 12.3. The number of aliphatic hydroxyl groups excluding tert-OH is 1. The lowest BCUT2D eigenvalue weighted by Gasteiger charge is -2.38. The molecule has 2 N–H and O–H groups in total. The van der Waals surface area contributed by atoms with Gasteiger partial charge < -0.3 is 10.4 Å². The van der Waals surface area contributed by atoms with E-state index in [4.69, 9.17) is 15.3 Å². The van der Waals surface area contributed by atoms with Gasteiger partial charge in [-0.05, 0) is 39.4 Å². The molecular weight excluding hydrogens is 615 g/mol. The number of nitrogens with one attached hydrogen (secondary N) is 1. The van der Waals surface area contributed by atoms with Crippen LogP contribution in [-0.4, -0.2) is 25.1 Å². The zero-order chi connectivity index (χ0) is 33.8. The third kappa shape index (κ3) is 5.14. The summed E-state index contributed by atoms with van der Waals surface area (Å²) in [7, 11) is 0. The Kier molecular flexibility index (Phi) is 8.21. The number of rotatable bonds is 10. The molecule has 242 valence electrons. The lowest BCUT2D eigenvalue weighted by Crippen LogP contribution is -2.39. The molecule has 0 saturated carbocycles. The van der Waals surface area contributed by atoms with Gasteiger partial charge in [0, 0.05) is 5.56 Å². The molecule has 0 bridgehead atoms. The van der Waals surface area contributed by atoms with Crippen molar-refractivity contribution in [1.82, 2.24) is 20.0 Å². The van der Waals surface area contributed by atoms with E-state index >= 15 is 0 Å². The van der Waals surface area contributed by atoms with Crippen LogP contribution in [0.25, 0.3) is 11.2 Å². The number of aliphatic hydroxyl groups is 1. The number of hydrogen-bond donors (Lipinski definition) is 2. The lowest BCUT2D eigenvalue weighted by molar-refractivity contribution is 0.283. The molecule has 0 aliphatic rings. The van der Waals surface area contributed by atoms with Gasteiger partial charge in [-0.15, -0.1) is 5.10 Å². The Labute approximate surface area is 291 Å². The van der Waals surface area contributed by atoms with E-state index in [9.17, 15) is 5.11 Å². The van der Waals surface area contributed by atoms with Gasteiger partial charge in [-0.1, -0.05) is 187 Å². The van der Waals surface area contributed by atoms with Crippen molar-refractivity contribution >= 4 is 17.0 Å². The van der Waals surface area contributed by atoms with Gasteiger partial charge >= 0.3 is 0 Å². The summed E-state index contributed by atoms with van der Waals surface area (Å²) in [6.45, 7) is -0.240. The van der Waals surface area contributed by atoms with Gasteiger partial charge in [-0.3, -0.25) is 0 Å². The monoisotopic (exact) mass is 649 g/mol. The number of nitrogens with zero attached hydrogens (tertiary/aromatic N) is 4. The van der Waals surface area contributed by atoms with E-state index in [0.29, 0.717) is 22.5 Å². The minimum atomic E-state index is -0.938. The van der Waals surface area contributed by atoms with E-state index in [1.54, 1.807) is 0 Å². The van der Waals surface area contributed by atoms with E-state index in [0.717, 1.165) is 33.4 Å². The van der Waals surface area contributed by atoms with Crippen LogP contribution in [0, 0.1) is 0 Å². The summed E-state index contributed by atoms with van der Waals surface area (Å²) in [4.78, 5) is 5.36. The van der Waals surface area contributed by atoms with Crippen molar-refractivity contribution in [3.63, 3.8) is 0 Å². The molecule has 0 atom stereocenters. The Bertz CT molecular complexity index is 2120. The van der Waals surface area contributed by atoms with Crippen molar-refractivity contribution in [2.75, 3.05) is 5.32 Å². The summed E-state index contributed by atoms with van der Waals surface area (Å²) in [5, 5.41) is 24.3. The Balaban J connectivity index is 1.43. The van der Waals surface area contributed by atoms with Crippen LogP contribution >= 0.6 is 0 Å². The van der Waals surface area contributed by atoms with Crippen molar-refractivity contribution in [2.24, 2.45) is 0 Å². The number of anilines is 1. The number of fused-ring (bicyclic) bond motifs is 1. The molecule has 2 heterocycles. The van der Waals surface area contributed by atoms with Gasteiger partial charge in [0.05, 0.1) is 6.61 Å². The Morgan fingerprint density at radius 3 is 1.22 bits per heavy atom. The molecule has 8 rings (SSSR count). The predicted octanol–water partition coefficient (Wildman–Crippen LogP) is 8.56. The minimum absolute atomic E-state index is 0.240. The first-order valence-corrected chi connectivity index (χ1v) is 16.7. The number of aromatic nitrogens is 4. The fourth-order valence-electron chi connectivity index (χ4n) is 7.25. The van der Waals surface area contributed by atoms with Gasteiger partial charge in [0.15, 0.2) is 5.65 Å². The molecule has 2 aromatic heterocycles. The van der Waals surface area contributed by atoms with Crippen molar-refractivity contribution in [1.29, 1.82) is 0 Å². The number of pyridine rings is 1. The van der Waals surface area contributed by atoms with Crippen LogP contribution in [-0.2, 0) is 17.7 Å². The van der Waals surface area contributed by atoms with E-state index in [-0.39, 0.29) is 6.61 Å². The van der Waals surface area contributed by atoms with Gasteiger partial charge in [0.2, 0.25) is 0 Å². The molecular formula is C44H35N5O. The summed E-state index contributed by atoms with van der Waals surface area (Å²) in [5.74, 6) is 0.574. The van der Waals surface area contributed by atoms with Crippen LogP contribution in [0.2, 0.25) is 0 Å². The van der Waals surface area contributed by atoms with Crippen LogP contribution in [0.1, 0.15) is 38.9 Å². The fraction of sp³-hybridized carbons (Fsp3) is 0.0682. The standard InChI is InChI=1S/C44H35N5O/c50-32-33-31-40(46-43(34-19-7-1-8-20-34,35-21-9-2-10-22-35)36-23-11-3-12-24-36)45-42-41(33)47-48-49(42)44(37-25-13-4-14-26-37,38-27-15-5-16-28-38)39-29-17-6-18-30-39/h1-31,50H,32H2,(H,45,46). The molecule has 0 amide bonds. The van der Waals surface area contributed by atoms with Crippen molar-refractivity contribution < 1.29 is 5.11 Å². The van der Waals surface area contributed by atoms with Crippen molar-refractivity contribution in [3.05, 3.63) is 227 Å². The quantitative estimate of drug-likeness (QED) is 0.145. The lowest BCUT2D eigenvalue weighted by atomic mass is 9.77. The van der Waals surface area contributed by atoms with Gasteiger partial charge in [-0.25, -0.2) is 9.67 Å². The molecule has 50 heavy (non-hydrogen) atoms. The van der Waals surface area contributed by atoms with Gasteiger partial charge in [0.1, 0.15) is 22.4 Å². The highest BCUT2D eigenvalue weighted by atomic mass is 16.3. The molecule has 0 radical (unpaired) electrons. The maximum atomic E-state index is 10.8. The van der Waals surface area contributed by atoms with E-state index in [2.05, 4.69) is 115 Å². The smallest absolute Gasteiger partial charge is 0.182 e. The normalized spacial score (nSPS) is 11.8. The van der Waals surface area contributed by atoms with E-state index < -0.39 is 11.1 Å². The van der Waals surface area contributed by atoms with E-state index in [1.165, 1.54) is 0 Å². The van der Waals surface area contributed by atoms with Crippen LogP contribution in [0.15, 0.2) is 188 Å². The third-order valence-electron chi connectivity index (χ3n) is 9.49. The molecule has 0 saturated heterocycles. The number of benzene rings is 6. The van der Waals surface area contributed by atoms with Crippen LogP contribution in [0.5, 0.6) is 0 Å². The first kappa shape index (κ1) is 30.9. The molecule has 6 nitrogen and oxygen atoms in total. The predicted molar refractivity (Wildman–Crippen MR) is 199 cm³/mol. The first-order valence-electron chi connectivity index (χ1n) is 16.7. The third-order valence-corrected chi connectivity index (χ3v) is 9.49. The number of hydrogen-bond acceptors (Lipinski definition) is 5. The highest BCUT2D eigenvalue weighted by Gasteiger charge is 2.42. The van der Waals surface area contributed by atoms with Gasteiger partial charge in [-0.2, -0.15) is 0 Å². The second-order valence-electron chi connectivity index (χ2n) is 12.3. The molecule has 0 aliphatic heterocycles. The van der Waals surface area contributed by atoms with Gasteiger partial charge in [0.25, 0.3) is 0 Å². The largest absolute Gasteiger partial charge is 0.392 e. The van der Waals surface area contributed by atoms with Crippen molar-refractivity contribution in [3.8, 4) is 0 Å². The summed E-state index contributed by atoms with van der Waals surface area (Å²) in [5.41, 5.74) is 6.07. The average molecular weight is 650 g/mol. The van der Waals surface area contributed by atoms with Crippen LogP contribution in [0.3, 0.4) is 0 Å². The summed E-state index contributed by atoms with van der Waals surface area (Å²) in [6.07, 6.45) is 0. The summed E-state index contributed by atoms with van der Waals surface area (Å²) in [6, 6.07) is 64.1. The first-order chi connectivity index (χ1) is 24.7. The second kappa shape index (κ2) is 13.3. The zero-order valence-corrected chi connectivity index (χ0v) is 27.3. The summed E-state index contributed by atoms with van der Waals surface area (Å²) >= 11 is 0. The Hall–Kier alpha value is -6.37. The highest BCUT2D eigenvalue weighted by Crippen LogP contribution is 2.43. The molecule has 6 heteroatoms. The van der Waals surface area contributed by atoms with Crippen molar-refractivity contribution in [2.45, 2.75) is 17.7 Å². The Morgan fingerprint density at radius 2 is 0.860 bits per heavy atom. The summed E-state index contributed by atoms with van der Waals surface area (Å²) < 4.78 is 1.92.